The van der Waals surface area contributed by atoms with Crippen LogP contribution in [-0.4, -0.2) is 4.98 Å². The number of anilines is 1. The number of aryl methyl sites for hydroxylation is 1. The molecular weight excluding hydrogens is 231 g/mol. The second-order valence-electron chi connectivity index (χ2n) is 4.17. The second-order valence-corrected chi connectivity index (χ2v) is 4.17. The SMILES string of the molecule is Cc1cnc(COc2cccc(F)c2)c(C)c1N. The Kier molecular flexibility index (Phi) is 3.46. The average molecular weight is 246 g/mol. The van der Waals surface area contributed by atoms with Gasteiger partial charge in [-0.15, -0.1) is 0 Å². The van der Waals surface area contributed by atoms with Crippen molar-refractivity contribution in [1.82, 2.24) is 4.98 Å². The Bertz CT molecular complexity index is 570. The van der Waals surface area contributed by atoms with Crippen molar-refractivity contribution in [3.63, 3.8) is 0 Å². The van der Waals surface area contributed by atoms with Crippen molar-refractivity contribution < 1.29 is 9.13 Å². The van der Waals surface area contributed by atoms with Crippen molar-refractivity contribution in [2.24, 2.45) is 0 Å². The fourth-order valence-electron chi connectivity index (χ4n) is 1.65. The molecule has 2 N–H and O–H groups in total. The maximum atomic E-state index is 13.0. The Hall–Kier alpha value is -2.10. The number of ether oxygens (including phenoxy) is 1. The Morgan fingerprint density at radius 2 is 2.11 bits per heavy atom. The molecule has 0 fully saturated rings. The van der Waals surface area contributed by atoms with Gasteiger partial charge in [0.25, 0.3) is 0 Å². The minimum atomic E-state index is -0.319. The molecule has 0 aliphatic carbocycles. The third-order valence-electron chi connectivity index (χ3n) is 2.85. The van der Waals surface area contributed by atoms with E-state index in [2.05, 4.69) is 4.98 Å². The van der Waals surface area contributed by atoms with Gasteiger partial charge >= 0.3 is 0 Å². The number of aromatic nitrogens is 1. The van der Waals surface area contributed by atoms with E-state index in [0.717, 1.165) is 22.5 Å². The molecule has 0 atom stereocenters. The van der Waals surface area contributed by atoms with Gasteiger partial charge in [-0.05, 0) is 37.1 Å². The first-order valence-electron chi connectivity index (χ1n) is 5.67. The van der Waals surface area contributed by atoms with E-state index < -0.39 is 0 Å². The molecule has 0 aliphatic rings. The summed E-state index contributed by atoms with van der Waals surface area (Å²) in [6.07, 6.45) is 1.71. The number of rotatable bonds is 3. The lowest BCUT2D eigenvalue weighted by atomic mass is 10.1. The maximum Gasteiger partial charge on any atom is 0.131 e. The molecule has 1 aromatic heterocycles. The summed E-state index contributed by atoms with van der Waals surface area (Å²) in [5.74, 6) is 0.163. The van der Waals surface area contributed by atoms with E-state index in [1.165, 1.54) is 12.1 Å². The summed E-state index contributed by atoms with van der Waals surface area (Å²) in [5.41, 5.74) is 9.27. The van der Waals surface area contributed by atoms with Gasteiger partial charge in [0.1, 0.15) is 18.2 Å². The fourth-order valence-corrected chi connectivity index (χ4v) is 1.65. The average Bonchev–Trinajstić information content (AvgIpc) is 2.35. The van der Waals surface area contributed by atoms with E-state index in [1.807, 2.05) is 13.8 Å². The highest BCUT2D eigenvalue weighted by Crippen LogP contribution is 2.20. The zero-order valence-corrected chi connectivity index (χ0v) is 10.4. The summed E-state index contributed by atoms with van der Waals surface area (Å²) < 4.78 is 18.5. The maximum absolute atomic E-state index is 13.0. The highest BCUT2D eigenvalue weighted by Gasteiger charge is 2.07. The van der Waals surface area contributed by atoms with Gasteiger partial charge in [-0.2, -0.15) is 0 Å². The van der Waals surface area contributed by atoms with Crippen molar-refractivity contribution in [3.8, 4) is 5.75 Å². The summed E-state index contributed by atoms with van der Waals surface area (Å²) in [6.45, 7) is 4.09. The molecule has 0 spiro atoms. The normalized spacial score (nSPS) is 10.4. The molecule has 0 bridgehead atoms. The first-order valence-corrected chi connectivity index (χ1v) is 5.67. The van der Waals surface area contributed by atoms with Crippen molar-refractivity contribution in [2.45, 2.75) is 20.5 Å². The first kappa shape index (κ1) is 12.4. The number of hydrogen-bond acceptors (Lipinski definition) is 3. The molecule has 2 aromatic rings. The molecular formula is C14H15FN2O. The summed E-state index contributed by atoms with van der Waals surface area (Å²) in [7, 11) is 0. The molecule has 18 heavy (non-hydrogen) atoms. The Balaban J connectivity index is 2.14. The molecule has 0 radical (unpaired) electrons. The van der Waals surface area contributed by atoms with Gasteiger partial charge in [-0.1, -0.05) is 6.07 Å². The molecule has 2 rings (SSSR count). The van der Waals surface area contributed by atoms with Crippen molar-refractivity contribution in [3.05, 3.63) is 53.1 Å². The monoisotopic (exact) mass is 246 g/mol. The molecule has 0 amide bonds. The van der Waals surface area contributed by atoms with Crippen molar-refractivity contribution in [2.75, 3.05) is 5.73 Å². The zero-order chi connectivity index (χ0) is 13.1. The topological polar surface area (TPSA) is 48.1 Å². The minimum absolute atomic E-state index is 0.278. The Labute approximate surface area is 105 Å². The molecule has 3 nitrogen and oxygen atoms in total. The summed E-state index contributed by atoms with van der Waals surface area (Å²) >= 11 is 0. The van der Waals surface area contributed by atoms with Gasteiger partial charge in [-0.25, -0.2) is 4.39 Å². The lowest BCUT2D eigenvalue weighted by Crippen LogP contribution is -2.05. The van der Waals surface area contributed by atoms with Crippen LogP contribution in [0.15, 0.2) is 30.5 Å². The number of benzene rings is 1. The summed E-state index contributed by atoms with van der Waals surface area (Å²) in [5, 5.41) is 0. The first-order chi connectivity index (χ1) is 8.58. The van der Waals surface area contributed by atoms with Crippen LogP contribution in [0.5, 0.6) is 5.75 Å². The molecule has 0 aliphatic heterocycles. The minimum Gasteiger partial charge on any atom is -0.487 e. The van der Waals surface area contributed by atoms with Crippen LogP contribution in [0.4, 0.5) is 10.1 Å². The van der Waals surface area contributed by atoms with Crippen LogP contribution in [0.3, 0.4) is 0 Å². The van der Waals surface area contributed by atoms with Crippen molar-refractivity contribution >= 4 is 5.69 Å². The quantitative estimate of drug-likeness (QED) is 0.905. The van der Waals surface area contributed by atoms with E-state index in [0.29, 0.717) is 5.75 Å². The van der Waals surface area contributed by atoms with E-state index >= 15 is 0 Å². The van der Waals surface area contributed by atoms with Crippen LogP contribution >= 0.6 is 0 Å². The standard InChI is InChI=1S/C14H15FN2O/c1-9-7-17-13(10(2)14(9)16)8-18-12-5-3-4-11(15)6-12/h3-7H,8H2,1-2H3,(H2,16,17). The van der Waals surface area contributed by atoms with Crippen LogP contribution in [-0.2, 0) is 6.61 Å². The van der Waals surface area contributed by atoms with Gasteiger partial charge < -0.3 is 10.5 Å². The van der Waals surface area contributed by atoms with Crippen LogP contribution in [0.1, 0.15) is 16.8 Å². The van der Waals surface area contributed by atoms with Crippen LogP contribution in [0.2, 0.25) is 0 Å². The van der Waals surface area contributed by atoms with E-state index in [4.69, 9.17) is 10.5 Å². The van der Waals surface area contributed by atoms with Crippen LogP contribution < -0.4 is 10.5 Å². The van der Waals surface area contributed by atoms with Gasteiger partial charge in [0.05, 0.1) is 5.69 Å². The number of halogens is 1. The van der Waals surface area contributed by atoms with Gasteiger partial charge in [0, 0.05) is 18.0 Å². The predicted octanol–water partition coefficient (Wildman–Crippen LogP) is 3.00. The highest BCUT2D eigenvalue weighted by molar-refractivity contribution is 5.53. The summed E-state index contributed by atoms with van der Waals surface area (Å²) in [6, 6.07) is 6.03. The van der Waals surface area contributed by atoms with E-state index in [9.17, 15) is 4.39 Å². The van der Waals surface area contributed by atoms with Crippen LogP contribution in [0.25, 0.3) is 0 Å². The predicted molar refractivity (Wildman–Crippen MR) is 68.9 cm³/mol. The second kappa shape index (κ2) is 5.04. The lowest BCUT2D eigenvalue weighted by Gasteiger charge is -2.11. The molecule has 1 aromatic carbocycles. The number of pyridine rings is 1. The molecule has 0 saturated heterocycles. The van der Waals surface area contributed by atoms with Gasteiger partial charge in [0.2, 0.25) is 0 Å². The molecule has 0 unspecified atom stereocenters. The summed E-state index contributed by atoms with van der Waals surface area (Å²) in [4.78, 5) is 4.28. The molecule has 4 heteroatoms. The molecule has 0 saturated carbocycles. The van der Waals surface area contributed by atoms with Crippen LogP contribution in [0, 0.1) is 19.7 Å². The fraction of sp³-hybridized carbons (Fsp3) is 0.214. The number of nitrogens with two attached hydrogens (primary N) is 1. The van der Waals surface area contributed by atoms with E-state index in [1.54, 1.807) is 18.3 Å². The lowest BCUT2D eigenvalue weighted by molar-refractivity contribution is 0.299. The number of nitrogen functional groups attached to an aromatic ring is 1. The van der Waals surface area contributed by atoms with Gasteiger partial charge in [-0.3, -0.25) is 4.98 Å². The van der Waals surface area contributed by atoms with Crippen molar-refractivity contribution in [1.29, 1.82) is 0 Å². The molecule has 94 valence electrons. The molecule has 1 heterocycles. The smallest absolute Gasteiger partial charge is 0.131 e. The number of hydrogen-bond donors (Lipinski definition) is 1. The third-order valence-corrected chi connectivity index (χ3v) is 2.85. The van der Waals surface area contributed by atoms with Gasteiger partial charge in [0.15, 0.2) is 0 Å². The Morgan fingerprint density at radius 1 is 1.33 bits per heavy atom. The largest absolute Gasteiger partial charge is 0.487 e. The number of nitrogens with zero attached hydrogens (tertiary/aromatic N) is 1. The third kappa shape index (κ3) is 2.59. The Morgan fingerprint density at radius 3 is 2.83 bits per heavy atom. The zero-order valence-electron chi connectivity index (χ0n) is 10.4. The highest BCUT2D eigenvalue weighted by atomic mass is 19.1. The van der Waals surface area contributed by atoms with E-state index in [-0.39, 0.29) is 12.4 Å².